The summed E-state index contributed by atoms with van der Waals surface area (Å²) in [6, 6.07) is 3.61. The summed E-state index contributed by atoms with van der Waals surface area (Å²) in [4.78, 5) is 26.2. The van der Waals surface area contributed by atoms with E-state index in [1.165, 1.54) is 4.90 Å². The van der Waals surface area contributed by atoms with Crippen molar-refractivity contribution in [3.05, 3.63) is 24.2 Å². The van der Waals surface area contributed by atoms with Gasteiger partial charge in [-0.25, -0.2) is 0 Å². The minimum absolute atomic E-state index is 0.0482. The van der Waals surface area contributed by atoms with Gasteiger partial charge in [0, 0.05) is 13.1 Å². The summed E-state index contributed by atoms with van der Waals surface area (Å²) in [6.07, 6.45) is 2.35. The number of hydrogen-bond donors (Lipinski definition) is 1. The van der Waals surface area contributed by atoms with Crippen LogP contribution < -0.4 is 0 Å². The Morgan fingerprint density at radius 1 is 1.40 bits per heavy atom. The quantitative estimate of drug-likeness (QED) is 0.780. The largest absolute Gasteiger partial charge is 0.480 e. The van der Waals surface area contributed by atoms with Crippen LogP contribution in [-0.2, 0) is 16.1 Å². The molecule has 0 aliphatic rings. The molecule has 1 heterocycles. The molecule has 1 N–H and O–H groups in total. The monoisotopic (exact) mass is 282 g/mol. The Labute approximate surface area is 119 Å². The number of amides is 1. The number of aliphatic carboxylic acids is 1. The molecule has 0 spiro atoms. The Morgan fingerprint density at radius 3 is 2.60 bits per heavy atom. The van der Waals surface area contributed by atoms with E-state index in [2.05, 4.69) is 0 Å². The molecular formula is C14H22N2O4. The molecule has 0 fully saturated rings. The van der Waals surface area contributed by atoms with Crippen LogP contribution >= 0.6 is 0 Å². The topological polar surface area (TPSA) is 74.0 Å². The lowest BCUT2D eigenvalue weighted by molar-refractivity contribution is -0.140. The van der Waals surface area contributed by atoms with Crippen LogP contribution in [0.15, 0.2) is 22.8 Å². The lowest BCUT2D eigenvalue weighted by Gasteiger charge is -2.28. The zero-order chi connectivity index (χ0) is 15.1. The molecule has 20 heavy (non-hydrogen) atoms. The van der Waals surface area contributed by atoms with Crippen LogP contribution in [0.25, 0.3) is 0 Å². The zero-order valence-electron chi connectivity index (χ0n) is 12.2. The minimum atomic E-state index is -0.924. The molecule has 0 bridgehead atoms. The van der Waals surface area contributed by atoms with Gasteiger partial charge >= 0.3 is 5.97 Å². The van der Waals surface area contributed by atoms with Crippen LogP contribution in [0.5, 0.6) is 0 Å². The SMILES string of the molecule is CCC(C)N(CC(=O)O)CC(=O)N(C)Cc1ccco1. The van der Waals surface area contributed by atoms with Gasteiger partial charge < -0.3 is 14.4 Å². The standard InChI is InChI=1S/C14H22N2O4/c1-4-11(2)16(10-14(18)19)9-13(17)15(3)8-12-6-5-7-20-12/h5-7,11H,4,8-10H2,1-3H3,(H,18,19). The van der Waals surface area contributed by atoms with E-state index < -0.39 is 5.97 Å². The van der Waals surface area contributed by atoms with Gasteiger partial charge in [-0.15, -0.1) is 0 Å². The predicted molar refractivity (Wildman–Crippen MR) is 74.1 cm³/mol. The number of likely N-dealkylation sites (N-methyl/N-ethyl adjacent to an activating group) is 1. The Morgan fingerprint density at radius 2 is 2.10 bits per heavy atom. The molecule has 0 aliphatic heterocycles. The first-order valence-corrected chi connectivity index (χ1v) is 6.66. The fourth-order valence-electron chi connectivity index (χ4n) is 1.82. The summed E-state index contributed by atoms with van der Waals surface area (Å²) < 4.78 is 5.19. The summed E-state index contributed by atoms with van der Waals surface area (Å²) in [5, 5.41) is 8.91. The fraction of sp³-hybridized carbons (Fsp3) is 0.571. The third kappa shape index (κ3) is 5.05. The van der Waals surface area contributed by atoms with Gasteiger partial charge in [0.2, 0.25) is 5.91 Å². The van der Waals surface area contributed by atoms with E-state index in [4.69, 9.17) is 9.52 Å². The molecular weight excluding hydrogens is 260 g/mol. The lowest BCUT2D eigenvalue weighted by atomic mass is 10.2. The van der Waals surface area contributed by atoms with Gasteiger partial charge in [0.15, 0.2) is 0 Å². The summed E-state index contributed by atoms with van der Waals surface area (Å²) in [7, 11) is 1.68. The second-order valence-electron chi connectivity index (χ2n) is 4.89. The molecule has 0 aliphatic carbocycles. The molecule has 112 valence electrons. The van der Waals surface area contributed by atoms with E-state index in [1.807, 2.05) is 13.8 Å². The van der Waals surface area contributed by atoms with Crippen molar-refractivity contribution >= 4 is 11.9 Å². The first kappa shape index (κ1) is 16.2. The Balaban J connectivity index is 2.57. The van der Waals surface area contributed by atoms with Gasteiger partial charge in [0.25, 0.3) is 0 Å². The third-order valence-electron chi connectivity index (χ3n) is 3.29. The van der Waals surface area contributed by atoms with Crippen molar-refractivity contribution in [2.24, 2.45) is 0 Å². The number of carboxylic acid groups (broad SMARTS) is 1. The minimum Gasteiger partial charge on any atom is -0.480 e. The summed E-state index contributed by atoms with van der Waals surface area (Å²) in [5.74, 6) is -0.344. The number of rotatable bonds is 8. The molecule has 1 aromatic rings. The number of furan rings is 1. The van der Waals surface area contributed by atoms with E-state index in [1.54, 1.807) is 30.3 Å². The van der Waals surface area contributed by atoms with Crippen molar-refractivity contribution in [2.45, 2.75) is 32.9 Å². The Hall–Kier alpha value is -1.82. The predicted octanol–water partition coefficient (Wildman–Crippen LogP) is 1.42. The van der Waals surface area contributed by atoms with E-state index in [0.29, 0.717) is 12.3 Å². The highest BCUT2D eigenvalue weighted by Crippen LogP contribution is 2.07. The van der Waals surface area contributed by atoms with E-state index in [0.717, 1.165) is 6.42 Å². The maximum Gasteiger partial charge on any atom is 0.317 e. The van der Waals surface area contributed by atoms with Gasteiger partial charge in [0.05, 0.1) is 25.9 Å². The van der Waals surface area contributed by atoms with Crippen LogP contribution in [0, 0.1) is 0 Å². The fourth-order valence-corrected chi connectivity index (χ4v) is 1.82. The average Bonchev–Trinajstić information content (AvgIpc) is 2.89. The first-order chi connectivity index (χ1) is 9.43. The number of carbonyl (C=O) groups excluding carboxylic acids is 1. The Bertz CT molecular complexity index is 430. The lowest BCUT2D eigenvalue weighted by Crippen LogP contribution is -2.44. The molecule has 1 amide bonds. The van der Waals surface area contributed by atoms with E-state index in [9.17, 15) is 9.59 Å². The van der Waals surface area contributed by atoms with Gasteiger partial charge in [-0.05, 0) is 25.5 Å². The third-order valence-corrected chi connectivity index (χ3v) is 3.29. The first-order valence-electron chi connectivity index (χ1n) is 6.66. The maximum absolute atomic E-state index is 12.1. The van der Waals surface area contributed by atoms with E-state index >= 15 is 0 Å². The Kier molecular flexibility index (Phi) is 6.24. The van der Waals surface area contributed by atoms with Crippen molar-refractivity contribution in [1.82, 2.24) is 9.80 Å². The van der Waals surface area contributed by atoms with Gasteiger partial charge in [-0.2, -0.15) is 0 Å². The molecule has 1 atom stereocenters. The normalized spacial score (nSPS) is 12.4. The van der Waals surface area contributed by atoms with Gasteiger partial charge in [-0.3, -0.25) is 14.5 Å². The highest BCUT2D eigenvalue weighted by molar-refractivity contribution is 5.79. The van der Waals surface area contributed by atoms with Gasteiger partial charge in [0.1, 0.15) is 5.76 Å². The van der Waals surface area contributed by atoms with Crippen LogP contribution in [0.2, 0.25) is 0 Å². The van der Waals surface area contributed by atoms with Crippen molar-refractivity contribution in [2.75, 3.05) is 20.1 Å². The van der Waals surface area contributed by atoms with Crippen molar-refractivity contribution in [3.63, 3.8) is 0 Å². The number of nitrogens with zero attached hydrogens (tertiary/aromatic N) is 2. The highest BCUT2D eigenvalue weighted by Gasteiger charge is 2.21. The molecule has 0 saturated carbocycles. The highest BCUT2D eigenvalue weighted by atomic mass is 16.4. The second kappa shape index (κ2) is 7.69. The molecule has 0 aromatic carbocycles. The molecule has 6 heteroatoms. The van der Waals surface area contributed by atoms with Crippen molar-refractivity contribution in [3.8, 4) is 0 Å². The number of carboxylic acids is 1. The maximum atomic E-state index is 12.1. The van der Waals surface area contributed by atoms with Crippen LogP contribution in [0.3, 0.4) is 0 Å². The number of hydrogen-bond acceptors (Lipinski definition) is 4. The molecule has 0 radical (unpaired) electrons. The zero-order valence-corrected chi connectivity index (χ0v) is 12.2. The average molecular weight is 282 g/mol. The van der Waals surface area contributed by atoms with Crippen LogP contribution in [0.4, 0.5) is 0 Å². The van der Waals surface area contributed by atoms with Crippen molar-refractivity contribution in [1.29, 1.82) is 0 Å². The summed E-state index contributed by atoms with van der Waals surface area (Å²) >= 11 is 0. The summed E-state index contributed by atoms with van der Waals surface area (Å²) in [6.45, 7) is 4.24. The molecule has 1 aromatic heterocycles. The van der Waals surface area contributed by atoms with Crippen LogP contribution in [-0.4, -0.2) is 53.0 Å². The number of carbonyl (C=O) groups is 2. The molecule has 1 unspecified atom stereocenters. The van der Waals surface area contributed by atoms with Crippen molar-refractivity contribution < 1.29 is 19.1 Å². The second-order valence-corrected chi connectivity index (χ2v) is 4.89. The smallest absolute Gasteiger partial charge is 0.317 e. The summed E-state index contributed by atoms with van der Waals surface area (Å²) in [5.41, 5.74) is 0. The van der Waals surface area contributed by atoms with Gasteiger partial charge in [-0.1, -0.05) is 6.92 Å². The molecule has 0 saturated heterocycles. The van der Waals surface area contributed by atoms with E-state index in [-0.39, 0.29) is 25.0 Å². The molecule has 1 rings (SSSR count). The van der Waals surface area contributed by atoms with Crippen LogP contribution in [0.1, 0.15) is 26.0 Å². The molecule has 6 nitrogen and oxygen atoms in total.